The molecule has 23 heavy (non-hydrogen) atoms. The van der Waals surface area contributed by atoms with Gasteiger partial charge in [0.05, 0.1) is 25.2 Å². The molecule has 6 nitrogen and oxygen atoms in total. The van der Waals surface area contributed by atoms with Gasteiger partial charge >= 0.3 is 0 Å². The molecule has 1 saturated heterocycles. The molecular weight excluding hydrogens is 316 g/mol. The number of aryl methyl sites for hydroxylation is 1. The topological polar surface area (TPSA) is 75.7 Å². The van der Waals surface area contributed by atoms with Crippen LogP contribution >= 0.6 is 0 Å². The Balaban J connectivity index is 1.64. The number of nitrogens with one attached hydrogen (secondary N) is 1. The number of sulfone groups is 1. The van der Waals surface area contributed by atoms with Crippen LogP contribution in [0.4, 0.5) is 5.69 Å². The van der Waals surface area contributed by atoms with Crippen LogP contribution in [0.5, 0.6) is 5.75 Å². The second-order valence-corrected chi connectivity index (χ2v) is 8.42. The SMILES string of the molecule is COc1ccc2c(c1)CCCN2CC(=O)N[C@H]1CCS(=O)(=O)C1. The van der Waals surface area contributed by atoms with Gasteiger partial charge in [0.1, 0.15) is 5.75 Å². The summed E-state index contributed by atoms with van der Waals surface area (Å²) < 4.78 is 28.2. The highest BCUT2D eigenvalue weighted by Gasteiger charge is 2.29. The Morgan fingerprint density at radius 1 is 1.43 bits per heavy atom. The quantitative estimate of drug-likeness (QED) is 0.877. The predicted octanol–water partition coefficient (Wildman–Crippen LogP) is 0.751. The van der Waals surface area contributed by atoms with Crippen LogP contribution in [0.3, 0.4) is 0 Å². The third-order valence-electron chi connectivity index (χ3n) is 4.43. The summed E-state index contributed by atoms with van der Waals surface area (Å²) in [4.78, 5) is 14.3. The van der Waals surface area contributed by atoms with Gasteiger partial charge < -0.3 is 15.0 Å². The average molecular weight is 338 g/mol. The highest BCUT2D eigenvalue weighted by atomic mass is 32.2. The molecule has 0 radical (unpaired) electrons. The molecule has 1 N–H and O–H groups in total. The molecule has 1 amide bonds. The number of hydrogen-bond donors (Lipinski definition) is 1. The molecular formula is C16H22N2O4S. The molecule has 7 heteroatoms. The minimum Gasteiger partial charge on any atom is -0.497 e. The molecule has 2 heterocycles. The molecule has 2 aliphatic rings. The summed E-state index contributed by atoms with van der Waals surface area (Å²) in [6.07, 6.45) is 2.48. The molecule has 0 aromatic heterocycles. The van der Waals surface area contributed by atoms with Crippen LogP contribution in [-0.4, -0.2) is 52.1 Å². The highest BCUT2D eigenvalue weighted by molar-refractivity contribution is 7.91. The van der Waals surface area contributed by atoms with Crippen LogP contribution in [0.15, 0.2) is 18.2 Å². The minimum absolute atomic E-state index is 0.0620. The molecule has 126 valence electrons. The van der Waals surface area contributed by atoms with Gasteiger partial charge in [-0.1, -0.05) is 0 Å². The van der Waals surface area contributed by atoms with Crippen molar-refractivity contribution in [3.05, 3.63) is 23.8 Å². The van der Waals surface area contributed by atoms with Crippen LogP contribution < -0.4 is 15.0 Å². The fourth-order valence-corrected chi connectivity index (χ4v) is 4.97. The third kappa shape index (κ3) is 3.77. The Bertz CT molecular complexity index is 702. The lowest BCUT2D eigenvalue weighted by atomic mass is 10.0. The van der Waals surface area contributed by atoms with Crippen molar-refractivity contribution in [3.8, 4) is 5.75 Å². The zero-order valence-corrected chi connectivity index (χ0v) is 14.1. The monoisotopic (exact) mass is 338 g/mol. The van der Waals surface area contributed by atoms with Gasteiger partial charge in [-0.25, -0.2) is 8.42 Å². The minimum atomic E-state index is -2.97. The second kappa shape index (κ2) is 6.39. The number of anilines is 1. The summed E-state index contributed by atoms with van der Waals surface area (Å²) in [5.74, 6) is 0.943. The third-order valence-corrected chi connectivity index (χ3v) is 6.20. The van der Waals surface area contributed by atoms with Gasteiger partial charge in [-0.05, 0) is 43.0 Å². The largest absolute Gasteiger partial charge is 0.497 e. The second-order valence-electron chi connectivity index (χ2n) is 6.19. The lowest BCUT2D eigenvalue weighted by molar-refractivity contribution is -0.120. The van der Waals surface area contributed by atoms with E-state index >= 15 is 0 Å². The van der Waals surface area contributed by atoms with Crippen molar-refractivity contribution in [2.75, 3.05) is 36.6 Å². The molecule has 0 aliphatic carbocycles. The Morgan fingerprint density at radius 3 is 2.96 bits per heavy atom. The van der Waals surface area contributed by atoms with Gasteiger partial charge in [-0.2, -0.15) is 0 Å². The summed E-state index contributed by atoms with van der Waals surface area (Å²) in [6, 6.07) is 5.66. The van der Waals surface area contributed by atoms with Gasteiger partial charge in [0.25, 0.3) is 0 Å². The summed E-state index contributed by atoms with van der Waals surface area (Å²) >= 11 is 0. The smallest absolute Gasteiger partial charge is 0.239 e. The van der Waals surface area contributed by atoms with E-state index in [0.717, 1.165) is 30.8 Å². The number of methoxy groups -OCH3 is 1. The van der Waals surface area contributed by atoms with Gasteiger partial charge in [0.15, 0.2) is 9.84 Å². The van der Waals surface area contributed by atoms with Gasteiger partial charge in [0.2, 0.25) is 5.91 Å². The number of benzene rings is 1. The lowest BCUT2D eigenvalue weighted by Gasteiger charge is -2.31. The van der Waals surface area contributed by atoms with Gasteiger partial charge in [-0.3, -0.25) is 4.79 Å². The molecule has 0 bridgehead atoms. The summed E-state index contributed by atoms with van der Waals surface area (Å²) in [5, 5.41) is 2.85. The molecule has 2 aliphatic heterocycles. The number of ether oxygens (including phenoxy) is 1. The number of amides is 1. The van der Waals surface area contributed by atoms with Crippen LogP contribution in [0.2, 0.25) is 0 Å². The van der Waals surface area contributed by atoms with E-state index in [1.807, 2.05) is 18.2 Å². The zero-order chi connectivity index (χ0) is 16.4. The predicted molar refractivity (Wildman–Crippen MR) is 88.7 cm³/mol. The van der Waals surface area contributed by atoms with Crippen molar-refractivity contribution in [2.45, 2.75) is 25.3 Å². The van der Waals surface area contributed by atoms with E-state index in [-0.39, 0.29) is 30.0 Å². The summed E-state index contributed by atoms with van der Waals surface area (Å²) in [6.45, 7) is 1.09. The Morgan fingerprint density at radius 2 is 2.26 bits per heavy atom. The number of nitrogens with zero attached hydrogens (tertiary/aromatic N) is 1. The lowest BCUT2D eigenvalue weighted by Crippen LogP contribution is -2.44. The number of hydrogen-bond acceptors (Lipinski definition) is 5. The fraction of sp³-hybridized carbons (Fsp3) is 0.562. The first-order valence-corrected chi connectivity index (χ1v) is 9.70. The highest BCUT2D eigenvalue weighted by Crippen LogP contribution is 2.30. The number of rotatable bonds is 4. The van der Waals surface area contributed by atoms with Crippen molar-refractivity contribution >= 4 is 21.4 Å². The van der Waals surface area contributed by atoms with E-state index in [4.69, 9.17) is 4.74 Å². The normalized spacial score (nSPS) is 22.5. The van der Waals surface area contributed by atoms with Crippen molar-refractivity contribution in [1.82, 2.24) is 5.32 Å². The average Bonchev–Trinajstić information content (AvgIpc) is 2.85. The number of carbonyl (C=O) groups is 1. The van der Waals surface area contributed by atoms with Crippen LogP contribution in [0.1, 0.15) is 18.4 Å². The molecule has 1 fully saturated rings. The number of carbonyl (C=O) groups excluding carboxylic acids is 1. The molecule has 0 saturated carbocycles. The first-order chi connectivity index (χ1) is 11.0. The van der Waals surface area contributed by atoms with E-state index < -0.39 is 9.84 Å². The van der Waals surface area contributed by atoms with Crippen LogP contribution in [0.25, 0.3) is 0 Å². The molecule has 0 unspecified atom stereocenters. The Hall–Kier alpha value is -1.76. The molecule has 0 spiro atoms. The van der Waals surface area contributed by atoms with Crippen LogP contribution in [-0.2, 0) is 21.1 Å². The van der Waals surface area contributed by atoms with Gasteiger partial charge in [0, 0.05) is 18.3 Å². The van der Waals surface area contributed by atoms with Gasteiger partial charge in [-0.15, -0.1) is 0 Å². The molecule has 1 atom stereocenters. The number of fused-ring (bicyclic) bond motifs is 1. The van der Waals surface area contributed by atoms with E-state index in [1.165, 1.54) is 5.56 Å². The molecule has 1 aromatic rings. The van der Waals surface area contributed by atoms with Crippen molar-refractivity contribution < 1.29 is 17.9 Å². The van der Waals surface area contributed by atoms with Crippen molar-refractivity contribution in [2.24, 2.45) is 0 Å². The Kier molecular flexibility index (Phi) is 4.48. The van der Waals surface area contributed by atoms with Crippen LogP contribution in [0, 0.1) is 0 Å². The first-order valence-electron chi connectivity index (χ1n) is 7.88. The zero-order valence-electron chi connectivity index (χ0n) is 13.2. The van der Waals surface area contributed by atoms with Crippen molar-refractivity contribution in [3.63, 3.8) is 0 Å². The fourth-order valence-electron chi connectivity index (χ4n) is 3.30. The summed E-state index contributed by atoms with van der Waals surface area (Å²) in [7, 11) is -1.33. The van der Waals surface area contributed by atoms with E-state index in [2.05, 4.69) is 10.2 Å². The maximum absolute atomic E-state index is 12.2. The van der Waals surface area contributed by atoms with Crippen molar-refractivity contribution in [1.29, 1.82) is 0 Å². The maximum Gasteiger partial charge on any atom is 0.239 e. The first kappa shape index (κ1) is 16.1. The Labute approximate surface area is 136 Å². The molecule has 3 rings (SSSR count). The summed E-state index contributed by atoms with van der Waals surface area (Å²) in [5.41, 5.74) is 2.25. The molecule has 1 aromatic carbocycles. The van der Waals surface area contributed by atoms with E-state index in [9.17, 15) is 13.2 Å². The van der Waals surface area contributed by atoms with E-state index in [0.29, 0.717) is 6.42 Å². The maximum atomic E-state index is 12.2. The van der Waals surface area contributed by atoms with E-state index in [1.54, 1.807) is 7.11 Å². The standard InChI is InChI=1S/C16H22N2O4S/c1-22-14-4-5-15-12(9-14)3-2-7-18(15)10-16(19)17-13-6-8-23(20,21)11-13/h4-5,9,13H,2-3,6-8,10-11H2,1H3,(H,17,19)/t13-/m0/s1.